The Kier molecular flexibility index (Phi) is 6.20. The highest BCUT2D eigenvalue weighted by Gasteiger charge is 2.36. The van der Waals surface area contributed by atoms with Gasteiger partial charge in [-0.2, -0.15) is 0 Å². The Balaban J connectivity index is 2.07. The number of imide groups is 1. The third kappa shape index (κ3) is 4.48. The molecule has 2 amide bonds. The molecule has 7 heteroatoms. The highest BCUT2D eigenvalue weighted by molar-refractivity contribution is 8.18. The quantitative estimate of drug-likeness (QED) is 0.429. The lowest BCUT2D eigenvalue weighted by Crippen LogP contribution is -2.34. The maximum Gasteiger partial charge on any atom is 0.326 e. The number of carbonyl (C=O) groups is 3. The predicted molar refractivity (Wildman–Crippen MR) is 91.4 cm³/mol. The summed E-state index contributed by atoms with van der Waals surface area (Å²) in [6.45, 7) is 5.47. The third-order valence-corrected chi connectivity index (χ3v) is 3.92. The zero-order valence-corrected chi connectivity index (χ0v) is 14.0. The molecule has 0 aliphatic carbocycles. The lowest BCUT2D eigenvalue weighted by Gasteiger charge is -2.10. The van der Waals surface area contributed by atoms with E-state index in [2.05, 4.69) is 6.58 Å². The summed E-state index contributed by atoms with van der Waals surface area (Å²) >= 11 is 0.801. The molecule has 24 heavy (non-hydrogen) atoms. The van der Waals surface area contributed by atoms with Crippen LogP contribution in [0.3, 0.4) is 0 Å². The van der Waals surface area contributed by atoms with Crippen molar-refractivity contribution in [3.8, 4) is 5.75 Å². The summed E-state index contributed by atoms with van der Waals surface area (Å²) in [7, 11) is 0. The number of nitrogens with zero attached hydrogens (tertiary/aromatic N) is 1. The molecule has 2 rings (SSSR count). The predicted octanol–water partition coefficient (Wildman–Crippen LogP) is 2.85. The lowest BCUT2D eigenvalue weighted by atomic mass is 10.2. The van der Waals surface area contributed by atoms with Crippen molar-refractivity contribution in [1.29, 1.82) is 0 Å². The van der Waals surface area contributed by atoms with Crippen LogP contribution in [0.25, 0.3) is 6.08 Å². The monoisotopic (exact) mass is 347 g/mol. The molecule has 0 saturated carbocycles. The number of carbonyl (C=O) groups excluding carboxylic acids is 3. The van der Waals surface area contributed by atoms with Crippen LogP contribution in [0.15, 0.2) is 41.8 Å². The molecule has 0 spiro atoms. The van der Waals surface area contributed by atoms with Crippen molar-refractivity contribution in [1.82, 2.24) is 4.90 Å². The first-order valence-corrected chi connectivity index (χ1v) is 8.11. The van der Waals surface area contributed by atoms with E-state index in [0.717, 1.165) is 22.2 Å². The molecule has 1 aliphatic heterocycles. The number of thioether (sulfide) groups is 1. The Morgan fingerprint density at radius 3 is 2.62 bits per heavy atom. The van der Waals surface area contributed by atoms with Gasteiger partial charge < -0.3 is 9.47 Å². The van der Waals surface area contributed by atoms with Crippen molar-refractivity contribution in [2.75, 3.05) is 19.8 Å². The molecule has 0 N–H and O–H groups in total. The van der Waals surface area contributed by atoms with Crippen LogP contribution in [0.5, 0.6) is 5.75 Å². The third-order valence-electron chi connectivity index (χ3n) is 3.01. The van der Waals surface area contributed by atoms with Crippen molar-refractivity contribution in [3.05, 3.63) is 47.4 Å². The van der Waals surface area contributed by atoms with E-state index in [1.54, 1.807) is 43.3 Å². The largest absolute Gasteiger partial charge is 0.490 e. The topological polar surface area (TPSA) is 72.9 Å². The summed E-state index contributed by atoms with van der Waals surface area (Å²) in [4.78, 5) is 36.7. The summed E-state index contributed by atoms with van der Waals surface area (Å²) in [5.74, 6) is -0.419. The molecule has 6 nitrogen and oxygen atoms in total. The van der Waals surface area contributed by atoms with Gasteiger partial charge >= 0.3 is 5.97 Å². The Morgan fingerprint density at radius 1 is 1.29 bits per heavy atom. The minimum Gasteiger partial charge on any atom is -0.490 e. The summed E-state index contributed by atoms with van der Waals surface area (Å²) in [6.07, 6.45) is 3.25. The fourth-order valence-corrected chi connectivity index (χ4v) is 2.78. The van der Waals surface area contributed by atoms with Crippen molar-refractivity contribution in [2.24, 2.45) is 0 Å². The Bertz CT molecular complexity index is 681. The van der Waals surface area contributed by atoms with Crippen molar-refractivity contribution < 1.29 is 23.9 Å². The van der Waals surface area contributed by atoms with Gasteiger partial charge in [0.1, 0.15) is 18.9 Å². The minimum absolute atomic E-state index is 0.200. The Labute approximate surface area is 144 Å². The normalized spacial score (nSPS) is 15.7. The molecule has 1 aliphatic rings. The molecule has 1 aromatic carbocycles. The van der Waals surface area contributed by atoms with Gasteiger partial charge in [-0.1, -0.05) is 24.8 Å². The van der Waals surface area contributed by atoms with E-state index in [9.17, 15) is 14.4 Å². The fraction of sp³-hybridized carbons (Fsp3) is 0.235. The van der Waals surface area contributed by atoms with Crippen molar-refractivity contribution >= 4 is 35.0 Å². The maximum atomic E-state index is 12.2. The van der Waals surface area contributed by atoms with E-state index in [0.29, 0.717) is 12.4 Å². The lowest BCUT2D eigenvalue weighted by molar-refractivity contribution is -0.145. The zero-order valence-electron chi connectivity index (χ0n) is 13.2. The van der Waals surface area contributed by atoms with E-state index in [1.165, 1.54) is 0 Å². The van der Waals surface area contributed by atoms with Gasteiger partial charge in [0.2, 0.25) is 0 Å². The summed E-state index contributed by atoms with van der Waals surface area (Å²) < 4.78 is 10.1. The fourth-order valence-electron chi connectivity index (χ4n) is 1.94. The van der Waals surface area contributed by atoms with Crippen LogP contribution < -0.4 is 4.74 Å². The molecule has 0 atom stereocenters. The molecule has 126 valence electrons. The number of hydrogen-bond donors (Lipinski definition) is 0. The Morgan fingerprint density at radius 2 is 2.00 bits per heavy atom. The first-order valence-electron chi connectivity index (χ1n) is 7.30. The first kappa shape index (κ1) is 17.8. The molecule has 1 aromatic rings. The molecular weight excluding hydrogens is 330 g/mol. The van der Waals surface area contributed by atoms with Crippen molar-refractivity contribution in [3.63, 3.8) is 0 Å². The van der Waals surface area contributed by atoms with Gasteiger partial charge in [-0.05, 0) is 42.5 Å². The number of benzene rings is 1. The highest BCUT2D eigenvalue weighted by Crippen LogP contribution is 2.32. The summed E-state index contributed by atoms with van der Waals surface area (Å²) in [5.41, 5.74) is 0.752. The first-order chi connectivity index (χ1) is 11.5. The summed E-state index contributed by atoms with van der Waals surface area (Å²) in [5, 5.41) is -0.481. The van der Waals surface area contributed by atoms with Gasteiger partial charge in [-0.3, -0.25) is 19.3 Å². The van der Waals surface area contributed by atoms with Gasteiger partial charge in [-0.15, -0.1) is 0 Å². The SMILES string of the molecule is C=CCOc1ccc(/C=C2/SC(=O)N(CC(=O)OCC)C2=O)cc1. The zero-order chi connectivity index (χ0) is 17.5. The number of hydrogen-bond acceptors (Lipinski definition) is 6. The van der Waals surface area contributed by atoms with Crippen LogP contribution in [-0.2, 0) is 14.3 Å². The second kappa shape index (κ2) is 8.35. The second-order valence-corrected chi connectivity index (χ2v) is 5.73. The van der Waals surface area contributed by atoms with Gasteiger partial charge in [0, 0.05) is 0 Å². The molecule has 1 fully saturated rings. The van der Waals surface area contributed by atoms with E-state index in [1.807, 2.05) is 0 Å². The van der Waals surface area contributed by atoms with Gasteiger partial charge in [0.15, 0.2) is 0 Å². The van der Waals surface area contributed by atoms with Gasteiger partial charge in [-0.25, -0.2) is 0 Å². The molecule has 0 unspecified atom stereocenters. The second-order valence-electron chi connectivity index (χ2n) is 4.74. The van der Waals surface area contributed by atoms with Gasteiger partial charge in [0.25, 0.3) is 11.1 Å². The molecule has 0 aromatic heterocycles. The number of ether oxygens (including phenoxy) is 2. The molecular formula is C17H17NO5S. The van der Waals surface area contributed by atoms with Crippen LogP contribution in [0.4, 0.5) is 4.79 Å². The van der Waals surface area contributed by atoms with E-state index in [4.69, 9.17) is 9.47 Å². The van der Waals surface area contributed by atoms with Crippen LogP contribution in [0.1, 0.15) is 12.5 Å². The van der Waals surface area contributed by atoms with Crippen LogP contribution >= 0.6 is 11.8 Å². The molecule has 1 heterocycles. The number of rotatable bonds is 7. The smallest absolute Gasteiger partial charge is 0.326 e. The number of amides is 2. The van der Waals surface area contributed by atoms with Crippen LogP contribution in [0, 0.1) is 0 Å². The van der Waals surface area contributed by atoms with E-state index < -0.39 is 17.1 Å². The number of esters is 1. The average Bonchev–Trinajstić information content (AvgIpc) is 2.82. The van der Waals surface area contributed by atoms with Gasteiger partial charge in [0.05, 0.1) is 11.5 Å². The molecule has 0 radical (unpaired) electrons. The average molecular weight is 347 g/mol. The summed E-state index contributed by atoms with van der Waals surface area (Å²) in [6, 6.07) is 7.08. The Hall–Kier alpha value is -2.54. The van der Waals surface area contributed by atoms with E-state index >= 15 is 0 Å². The van der Waals surface area contributed by atoms with Crippen LogP contribution in [0.2, 0.25) is 0 Å². The standard InChI is InChI=1S/C17H17NO5S/c1-3-9-23-13-7-5-12(6-8-13)10-14-16(20)18(17(21)24-14)11-15(19)22-4-2/h3,5-8,10H,1,4,9,11H2,2H3/b14-10+. The van der Waals surface area contributed by atoms with Crippen molar-refractivity contribution in [2.45, 2.75) is 6.92 Å². The molecule has 1 saturated heterocycles. The maximum absolute atomic E-state index is 12.2. The molecule has 0 bridgehead atoms. The highest BCUT2D eigenvalue weighted by atomic mass is 32.2. The van der Waals surface area contributed by atoms with Crippen LogP contribution in [-0.4, -0.2) is 41.8 Å². The van der Waals surface area contributed by atoms with E-state index in [-0.39, 0.29) is 18.1 Å². The minimum atomic E-state index is -0.607.